The van der Waals surface area contributed by atoms with E-state index in [9.17, 15) is 4.79 Å². The van der Waals surface area contributed by atoms with Crippen molar-refractivity contribution >= 4 is 17.0 Å². The molecule has 2 aromatic rings. The second-order valence-electron chi connectivity index (χ2n) is 5.67. The topological polar surface area (TPSA) is 44.1 Å². The van der Waals surface area contributed by atoms with Gasteiger partial charge in [0, 0.05) is 12.5 Å². The molecule has 0 unspecified atom stereocenters. The average molecular weight is 260 g/mol. The predicted octanol–water partition coefficient (Wildman–Crippen LogP) is 3.05. The lowest BCUT2D eigenvalue weighted by atomic mass is 9.96. The Hall–Kier alpha value is -1.84. The van der Waals surface area contributed by atoms with Crippen LogP contribution in [-0.2, 0) is 17.2 Å². The minimum absolute atomic E-state index is 0.0299. The minimum atomic E-state index is -0.299. The van der Waals surface area contributed by atoms with E-state index in [1.165, 1.54) is 0 Å². The molecule has 0 atom stereocenters. The van der Waals surface area contributed by atoms with Crippen LogP contribution in [0.1, 0.15) is 43.9 Å². The van der Waals surface area contributed by atoms with Crippen LogP contribution in [0.3, 0.4) is 0 Å². The third-order valence-electron chi connectivity index (χ3n) is 3.06. The first-order valence-electron chi connectivity index (χ1n) is 6.48. The maximum Gasteiger partial charge on any atom is 0.338 e. The summed E-state index contributed by atoms with van der Waals surface area (Å²) < 4.78 is 7.08. The number of hydrogen-bond donors (Lipinski definition) is 0. The van der Waals surface area contributed by atoms with Crippen molar-refractivity contribution in [1.82, 2.24) is 9.55 Å². The molecule has 2 rings (SSSR count). The Morgan fingerprint density at radius 3 is 2.63 bits per heavy atom. The van der Waals surface area contributed by atoms with Crippen molar-refractivity contribution in [3.8, 4) is 0 Å². The zero-order valence-corrected chi connectivity index (χ0v) is 12.2. The molecule has 0 saturated carbocycles. The summed E-state index contributed by atoms with van der Waals surface area (Å²) >= 11 is 0. The molecule has 0 amide bonds. The number of aromatic nitrogens is 2. The van der Waals surface area contributed by atoms with Crippen molar-refractivity contribution in [1.29, 1.82) is 0 Å². The molecule has 0 spiro atoms. The molecule has 4 nitrogen and oxygen atoms in total. The Labute approximate surface area is 113 Å². The Kier molecular flexibility index (Phi) is 3.35. The summed E-state index contributed by atoms with van der Waals surface area (Å²) in [5, 5.41) is 0. The number of carbonyl (C=O) groups is 1. The van der Waals surface area contributed by atoms with Crippen molar-refractivity contribution in [3.05, 3.63) is 29.6 Å². The molecule has 1 aromatic carbocycles. The van der Waals surface area contributed by atoms with Gasteiger partial charge in [0.1, 0.15) is 5.82 Å². The summed E-state index contributed by atoms with van der Waals surface area (Å²) in [5.74, 6) is 0.705. The first kappa shape index (κ1) is 13.6. The number of esters is 1. The number of rotatable bonds is 2. The van der Waals surface area contributed by atoms with Gasteiger partial charge in [-0.15, -0.1) is 0 Å². The van der Waals surface area contributed by atoms with Gasteiger partial charge in [0.15, 0.2) is 0 Å². The quantitative estimate of drug-likeness (QED) is 0.779. The van der Waals surface area contributed by atoms with Crippen molar-refractivity contribution in [2.24, 2.45) is 7.05 Å². The van der Waals surface area contributed by atoms with Crippen LogP contribution in [0.25, 0.3) is 11.0 Å². The van der Waals surface area contributed by atoms with E-state index in [0.717, 1.165) is 16.9 Å². The van der Waals surface area contributed by atoms with Crippen LogP contribution < -0.4 is 0 Å². The van der Waals surface area contributed by atoms with Crippen molar-refractivity contribution in [2.45, 2.75) is 33.1 Å². The number of carbonyl (C=O) groups excluding carboxylic acids is 1. The fourth-order valence-corrected chi connectivity index (χ4v) is 2.21. The van der Waals surface area contributed by atoms with E-state index < -0.39 is 0 Å². The molecule has 0 bridgehead atoms. The van der Waals surface area contributed by atoms with Crippen molar-refractivity contribution in [2.75, 3.05) is 6.61 Å². The van der Waals surface area contributed by atoms with Gasteiger partial charge in [-0.3, -0.25) is 0 Å². The molecule has 1 aromatic heterocycles. The van der Waals surface area contributed by atoms with Crippen molar-refractivity contribution in [3.63, 3.8) is 0 Å². The van der Waals surface area contributed by atoms with Crippen LogP contribution in [0.5, 0.6) is 0 Å². The van der Waals surface area contributed by atoms with Gasteiger partial charge in [0.05, 0.1) is 23.2 Å². The summed E-state index contributed by atoms with van der Waals surface area (Å²) in [7, 11) is 2.00. The number of imidazole rings is 1. The first-order chi connectivity index (χ1) is 8.84. The molecular formula is C15H20N2O2. The Bertz CT molecular complexity index is 621. The molecule has 4 heteroatoms. The molecule has 19 heavy (non-hydrogen) atoms. The van der Waals surface area contributed by atoms with E-state index in [-0.39, 0.29) is 11.4 Å². The van der Waals surface area contributed by atoms with Crippen LogP contribution in [-0.4, -0.2) is 22.1 Å². The van der Waals surface area contributed by atoms with Gasteiger partial charge in [-0.2, -0.15) is 0 Å². The summed E-state index contributed by atoms with van der Waals surface area (Å²) in [6, 6.07) is 5.50. The smallest absolute Gasteiger partial charge is 0.338 e. The number of nitrogens with zero attached hydrogens (tertiary/aromatic N) is 2. The molecular weight excluding hydrogens is 240 g/mol. The van der Waals surface area contributed by atoms with Crippen LogP contribution in [0, 0.1) is 0 Å². The molecule has 0 saturated heterocycles. The van der Waals surface area contributed by atoms with Crippen molar-refractivity contribution < 1.29 is 9.53 Å². The van der Waals surface area contributed by atoms with E-state index in [0.29, 0.717) is 12.2 Å². The van der Waals surface area contributed by atoms with Crippen LogP contribution in [0.15, 0.2) is 18.2 Å². The lowest BCUT2D eigenvalue weighted by Crippen LogP contribution is -2.17. The highest BCUT2D eigenvalue weighted by atomic mass is 16.5. The predicted molar refractivity (Wildman–Crippen MR) is 75.4 cm³/mol. The molecule has 0 radical (unpaired) electrons. The van der Waals surface area contributed by atoms with Gasteiger partial charge in [0.25, 0.3) is 0 Å². The van der Waals surface area contributed by atoms with Gasteiger partial charge in [-0.1, -0.05) is 20.8 Å². The molecule has 0 N–H and O–H groups in total. The highest BCUT2D eigenvalue weighted by Gasteiger charge is 2.21. The van der Waals surface area contributed by atoms with Gasteiger partial charge in [-0.25, -0.2) is 9.78 Å². The monoisotopic (exact) mass is 260 g/mol. The van der Waals surface area contributed by atoms with Gasteiger partial charge >= 0.3 is 5.97 Å². The first-order valence-corrected chi connectivity index (χ1v) is 6.48. The molecule has 0 fully saturated rings. The fourth-order valence-electron chi connectivity index (χ4n) is 2.21. The number of benzene rings is 1. The second kappa shape index (κ2) is 4.68. The molecule has 0 aliphatic rings. The molecule has 0 aliphatic carbocycles. The lowest BCUT2D eigenvalue weighted by molar-refractivity contribution is 0.0526. The highest BCUT2D eigenvalue weighted by molar-refractivity contribution is 5.93. The third-order valence-corrected chi connectivity index (χ3v) is 3.06. The third kappa shape index (κ3) is 2.48. The van der Waals surface area contributed by atoms with Crippen LogP contribution in [0.4, 0.5) is 0 Å². The van der Waals surface area contributed by atoms with E-state index in [2.05, 4.69) is 30.3 Å². The van der Waals surface area contributed by atoms with Crippen LogP contribution >= 0.6 is 0 Å². The Morgan fingerprint density at radius 2 is 2.05 bits per heavy atom. The lowest BCUT2D eigenvalue weighted by Gasteiger charge is -2.17. The SMILES string of the molecule is CCOC(=O)c1ccc2c(c1)nc(C(C)(C)C)n2C. The van der Waals surface area contributed by atoms with E-state index in [1.54, 1.807) is 19.1 Å². The normalized spacial score (nSPS) is 11.8. The van der Waals surface area contributed by atoms with Gasteiger partial charge < -0.3 is 9.30 Å². The average Bonchev–Trinajstić information content (AvgIpc) is 2.66. The van der Waals surface area contributed by atoms with Gasteiger partial charge in [0.2, 0.25) is 0 Å². The molecule has 102 valence electrons. The summed E-state index contributed by atoms with van der Waals surface area (Å²) in [6.07, 6.45) is 0. The number of aryl methyl sites for hydroxylation is 1. The summed E-state index contributed by atoms with van der Waals surface area (Å²) in [4.78, 5) is 16.4. The highest BCUT2D eigenvalue weighted by Crippen LogP contribution is 2.25. The number of ether oxygens (including phenoxy) is 1. The maximum absolute atomic E-state index is 11.7. The minimum Gasteiger partial charge on any atom is -0.462 e. The summed E-state index contributed by atoms with van der Waals surface area (Å²) in [5.41, 5.74) is 2.38. The zero-order valence-electron chi connectivity index (χ0n) is 12.2. The zero-order chi connectivity index (χ0) is 14.2. The summed E-state index contributed by atoms with van der Waals surface area (Å²) in [6.45, 7) is 8.56. The fraction of sp³-hybridized carbons (Fsp3) is 0.467. The maximum atomic E-state index is 11.7. The number of hydrogen-bond acceptors (Lipinski definition) is 3. The second-order valence-corrected chi connectivity index (χ2v) is 5.67. The van der Waals surface area contributed by atoms with Gasteiger partial charge in [-0.05, 0) is 25.1 Å². The van der Waals surface area contributed by atoms with E-state index in [4.69, 9.17) is 4.74 Å². The molecule has 1 heterocycles. The standard InChI is InChI=1S/C15H20N2O2/c1-6-19-13(18)10-7-8-12-11(9-10)16-14(17(12)5)15(2,3)4/h7-9H,6H2,1-5H3. The Balaban J connectivity index is 2.53. The molecule has 0 aliphatic heterocycles. The van der Waals surface area contributed by atoms with E-state index in [1.807, 2.05) is 13.1 Å². The van der Waals surface area contributed by atoms with Crippen LogP contribution in [0.2, 0.25) is 0 Å². The largest absolute Gasteiger partial charge is 0.462 e. The van der Waals surface area contributed by atoms with E-state index >= 15 is 0 Å². The number of fused-ring (bicyclic) bond motifs is 1. The Morgan fingerprint density at radius 1 is 1.37 bits per heavy atom.